The van der Waals surface area contributed by atoms with Crippen LogP contribution in [0.25, 0.3) is 6.08 Å². The summed E-state index contributed by atoms with van der Waals surface area (Å²) in [6.45, 7) is 0. The highest BCUT2D eigenvalue weighted by atomic mass is 31.2. The molecule has 154 valence electrons. The Morgan fingerprint density at radius 2 is 1.59 bits per heavy atom. The molecule has 1 heterocycles. The van der Waals surface area contributed by atoms with E-state index in [0.717, 1.165) is 34.0 Å². The first-order valence-electron chi connectivity index (χ1n) is 8.36. The molecule has 0 aromatic heterocycles. The summed E-state index contributed by atoms with van der Waals surface area (Å²) < 4.78 is 32.9. The fourth-order valence-electron chi connectivity index (χ4n) is 2.66. The summed E-state index contributed by atoms with van der Waals surface area (Å²) in [5.74, 6) is -1.91. The molecule has 1 aromatic rings. The SMILES string of the molecule is COC(=O)C1=C(C(=O)OC)C(/C=C/C=C/c2ccccc2)(P(=O)(OC)OC)N=N1. The molecular formula is C19H21N2O7P. The van der Waals surface area contributed by atoms with E-state index in [1.165, 1.54) is 12.2 Å². The summed E-state index contributed by atoms with van der Waals surface area (Å²) in [6, 6.07) is 9.41. The molecule has 10 heteroatoms. The first-order chi connectivity index (χ1) is 13.9. The van der Waals surface area contributed by atoms with Gasteiger partial charge >= 0.3 is 19.5 Å². The Morgan fingerprint density at radius 1 is 0.966 bits per heavy atom. The van der Waals surface area contributed by atoms with Gasteiger partial charge < -0.3 is 18.5 Å². The molecular weight excluding hydrogens is 399 g/mol. The molecule has 0 saturated carbocycles. The molecule has 9 nitrogen and oxygen atoms in total. The Balaban J connectivity index is 2.62. The second-order valence-electron chi connectivity index (χ2n) is 5.62. The van der Waals surface area contributed by atoms with Crippen molar-refractivity contribution in [3.8, 4) is 0 Å². The Hall–Kier alpha value is -2.87. The summed E-state index contributed by atoms with van der Waals surface area (Å²) in [6.07, 6.45) is 6.24. The highest BCUT2D eigenvalue weighted by molar-refractivity contribution is 7.56. The number of nitrogens with zero attached hydrogens (tertiary/aromatic N) is 2. The Morgan fingerprint density at radius 3 is 2.14 bits per heavy atom. The van der Waals surface area contributed by atoms with Gasteiger partial charge in [-0.15, -0.1) is 5.11 Å². The zero-order chi connectivity index (χ0) is 21.5. The van der Waals surface area contributed by atoms with Crippen LogP contribution < -0.4 is 0 Å². The first-order valence-corrected chi connectivity index (χ1v) is 9.90. The average Bonchev–Trinajstić information content (AvgIpc) is 3.16. The number of hydrogen-bond acceptors (Lipinski definition) is 9. The Labute approximate surface area is 168 Å². The number of allylic oxidation sites excluding steroid dienone is 2. The van der Waals surface area contributed by atoms with Crippen LogP contribution in [0, 0.1) is 0 Å². The predicted octanol–water partition coefficient (Wildman–Crippen LogP) is 3.50. The van der Waals surface area contributed by atoms with E-state index in [2.05, 4.69) is 15.0 Å². The van der Waals surface area contributed by atoms with Gasteiger partial charge in [-0.05, 0) is 11.6 Å². The third-order valence-corrected chi connectivity index (χ3v) is 6.36. The Bertz CT molecular complexity index is 929. The topological polar surface area (TPSA) is 113 Å². The molecule has 1 atom stereocenters. The molecule has 0 bridgehead atoms. The maximum atomic E-state index is 13.4. The third-order valence-electron chi connectivity index (χ3n) is 4.10. The summed E-state index contributed by atoms with van der Waals surface area (Å²) in [4.78, 5) is 24.6. The molecule has 1 unspecified atom stereocenters. The van der Waals surface area contributed by atoms with Crippen LogP contribution >= 0.6 is 7.60 Å². The van der Waals surface area contributed by atoms with E-state index in [1.54, 1.807) is 12.2 Å². The van der Waals surface area contributed by atoms with E-state index in [-0.39, 0.29) is 0 Å². The van der Waals surface area contributed by atoms with Gasteiger partial charge in [0.15, 0.2) is 5.70 Å². The van der Waals surface area contributed by atoms with Crippen molar-refractivity contribution in [1.29, 1.82) is 0 Å². The number of carbonyl (C=O) groups is 2. The van der Waals surface area contributed by atoms with E-state index in [4.69, 9.17) is 13.8 Å². The molecule has 0 saturated heterocycles. The summed E-state index contributed by atoms with van der Waals surface area (Å²) >= 11 is 0. The molecule has 0 aliphatic carbocycles. The zero-order valence-corrected chi connectivity index (χ0v) is 17.3. The van der Waals surface area contributed by atoms with Crippen molar-refractivity contribution in [3.05, 3.63) is 65.4 Å². The van der Waals surface area contributed by atoms with Crippen molar-refractivity contribution in [2.24, 2.45) is 10.2 Å². The van der Waals surface area contributed by atoms with Crippen molar-refractivity contribution in [1.82, 2.24) is 0 Å². The molecule has 1 aliphatic heterocycles. The molecule has 0 radical (unpaired) electrons. The standard InChI is InChI=1S/C19H21N2O7P/c1-25-17(22)15-16(18(23)26-2)20-21-19(15,29(24,27-3)28-4)13-9-8-12-14-10-6-5-7-11-14/h5-13H,1-4H3/b12-8+,13-9+. The minimum absolute atomic E-state index is 0.400. The monoisotopic (exact) mass is 420 g/mol. The van der Waals surface area contributed by atoms with Gasteiger partial charge in [-0.3, -0.25) is 4.57 Å². The third kappa shape index (κ3) is 4.27. The lowest BCUT2D eigenvalue weighted by molar-refractivity contribution is -0.139. The van der Waals surface area contributed by atoms with E-state index in [9.17, 15) is 14.2 Å². The van der Waals surface area contributed by atoms with E-state index in [0.29, 0.717) is 0 Å². The van der Waals surface area contributed by atoms with Gasteiger partial charge in [0.1, 0.15) is 5.57 Å². The van der Waals surface area contributed by atoms with Crippen molar-refractivity contribution in [2.75, 3.05) is 28.4 Å². The fraction of sp³-hybridized carbons (Fsp3) is 0.263. The summed E-state index contributed by atoms with van der Waals surface area (Å²) in [7, 11) is 0.371. The number of hydrogen-bond donors (Lipinski definition) is 0. The number of methoxy groups -OCH3 is 2. The number of ether oxygens (including phenoxy) is 2. The minimum atomic E-state index is -4.13. The lowest BCUT2D eigenvalue weighted by Crippen LogP contribution is -2.32. The highest BCUT2D eigenvalue weighted by Gasteiger charge is 2.59. The highest BCUT2D eigenvalue weighted by Crippen LogP contribution is 2.65. The smallest absolute Gasteiger partial charge is 0.368 e. The number of esters is 2. The maximum absolute atomic E-state index is 13.4. The molecule has 1 aliphatic rings. The van der Waals surface area contributed by atoms with Crippen molar-refractivity contribution < 1.29 is 32.7 Å². The van der Waals surface area contributed by atoms with E-state index in [1.807, 2.05) is 30.3 Å². The number of azo groups is 1. The lowest BCUT2D eigenvalue weighted by atomic mass is 10.0. The number of benzene rings is 1. The molecule has 2 rings (SSSR count). The fourth-order valence-corrected chi connectivity index (χ4v) is 4.26. The molecule has 29 heavy (non-hydrogen) atoms. The summed E-state index contributed by atoms with van der Waals surface area (Å²) in [5, 5.41) is 5.65. The zero-order valence-electron chi connectivity index (χ0n) is 16.4. The maximum Gasteiger partial charge on any atom is 0.368 e. The Kier molecular flexibility index (Phi) is 7.39. The number of carbonyl (C=O) groups excluding carboxylic acids is 2. The minimum Gasteiger partial charge on any atom is -0.466 e. The molecule has 0 fully saturated rings. The molecule has 0 amide bonds. The largest absolute Gasteiger partial charge is 0.466 e. The van der Waals surface area contributed by atoms with E-state index >= 15 is 0 Å². The van der Waals surface area contributed by atoms with Gasteiger partial charge in [0.2, 0.25) is 5.28 Å². The van der Waals surface area contributed by atoms with Crippen LogP contribution in [-0.4, -0.2) is 45.7 Å². The van der Waals surface area contributed by atoms with Gasteiger partial charge in [0.25, 0.3) is 0 Å². The van der Waals surface area contributed by atoms with Crippen molar-refractivity contribution in [3.63, 3.8) is 0 Å². The van der Waals surface area contributed by atoms with Gasteiger partial charge in [0.05, 0.1) is 14.2 Å². The predicted molar refractivity (Wildman–Crippen MR) is 105 cm³/mol. The van der Waals surface area contributed by atoms with Gasteiger partial charge in [0, 0.05) is 14.2 Å². The van der Waals surface area contributed by atoms with Gasteiger partial charge in [-0.2, -0.15) is 5.11 Å². The second kappa shape index (κ2) is 9.56. The average molecular weight is 420 g/mol. The second-order valence-corrected chi connectivity index (χ2v) is 8.03. The van der Waals surface area contributed by atoms with Gasteiger partial charge in [-0.1, -0.05) is 48.6 Å². The van der Waals surface area contributed by atoms with Crippen LogP contribution in [0.3, 0.4) is 0 Å². The molecule has 1 aromatic carbocycles. The van der Waals surface area contributed by atoms with Crippen LogP contribution in [0.4, 0.5) is 0 Å². The normalized spacial score (nSPS) is 19.3. The van der Waals surface area contributed by atoms with Crippen LogP contribution in [0.15, 0.2) is 70.1 Å². The molecule has 0 spiro atoms. The van der Waals surface area contributed by atoms with Crippen molar-refractivity contribution >= 4 is 25.6 Å². The quantitative estimate of drug-likeness (QED) is 0.359. The van der Waals surface area contributed by atoms with E-state index < -0.39 is 36.1 Å². The van der Waals surface area contributed by atoms with Crippen LogP contribution in [-0.2, 0) is 32.7 Å². The van der Waals surface area contributed by atoms with Crippen LogP contribution in [0.5, 0.6) is 0 Å². The van der Waals surface area contributed by atoms with Crippen LogP contribution in [0.1, 0.15) is 5.56 Å². The molecule has 0 N–H and O–H groups in total. The van der Waals surface area contributed by atoms with Crippen molar-refractivity contribution in [2.45, 2.75) is 5.28 Å². The number of rotatable bonds is 8. The lowest BCUT2D eigenvalue weighted by Gasteiger charge is -2.29. The first kappa shape index (κ1) is 22.4. The van der Waals surface area contributed by atoms with Crippen LogP contribution in [0.2, 0.25) is 0 Å². The van der Waals surface area contributed by atoms with Gasteiger partial charge in [-0.25, -0.2) is 9.59 Å². The summed E-state index contributed by atoms with van der Waals surface area (Å²) in [5.41, 5.74) is 0.0773.